The van der Waals surface area contributed by atoms with E-state index in [9.17, 15) is 8.42 Å². The van der Waals surface area contributed by atoms with Crippen LogP contribution in [-0.4, -0.2) is 19.2 Å². The van der Waals surface area contributed by atoms with E-state index in [0.29, 0.717) is 32.4 Å². The Kier molecular flexibility index (Phi) is 18.3. The summed E-state index contributed by atoms with van der Waals surface area (Å²) in [5.41, 5.74) is 6.21. The van der Waals surface area contributed by atoms with Crippen molar-refractivity contribution in [2.45, 2.75) is 218 Å². The Morgan fingerprint density at radius 2 is 1.09 bits per heavy atom. The van der Waals surface area contributed by atoms with Crippen LogP contribution in [0.2, 0.25) is 0 Å². The molecule has 6 saturated carbocycles. The molecular formula is C70H111NO2S2. The standard InChI is InChI=1S/C31H52.C30H41NO2S2.C9H18/c1-20(2)25(21(3)4)11-9-23(6)27-13-14-28-26-12-10-24-19-22(5)15-17-30(24,7)29(26)16-18-31(27,28)8;1-19-13-15-29(3)21(17-19)9-10-22-24-12-11-23(30(24,4)16-14-25(22)29)20(2)18-35(32,33)28-31-26-7-5-6-8-27(26)34-28;1-6-9(7(2)3)8(4)5/h9-11,20-23,25-29H,12-19H2,1-8H3;5-9,19-20,22-25H,10-18H2,1-4H3;6-9H,1H2,2-5H3/b11-9+;;/t22-,23+,26-,27+,28-,29-,30-,31+;19-,20+,22-,23+,24-,25-,29-,30+;/m00./s1. The summed E-state index contributed by atoms with van der Waals surface area (Å²) in [6, 6.07) is 7.75. The normalized spacial score (nSPS) is 38.2. The summed E-state index contributed by atoms with van der Waals surface area (Å²) >= 11 is 1.33. The largest absolute Gasteiger partial charge is 0.225 e. The van der Waals surface area contributed by atoms with E-state index in [2.05, 4.69) is 153 Å². The smallest absolute Gasteiger partial charge is 0.210 e. The van der Waals surface area contributed by atoms with Crippen LogP contribution in [0.15, 0.2) is 76.7 Å². The van der Waals surface area contributed by atoms with Crippen LogP contribution in [-0.2, 0) is 9.84 Å². The maximum atomic E-state index is 13.4. The number of benzene rings is 1. The van der Waals surface area contributed by atoms with Crippen molar-refractivity contribution in [3.8, 4) is 0 Å². The molecule has 0 amide bonds. The predicted octanol–water partition coefficient (Wildman–Crippen LogP) is 20.3. The zero-order chi connectivity index (χ0) is 54.6. The highest BCUT2D eigenvalue weighted by atomic mass is 32.2. The Bertz CT molecular complexity index is 2420. The van der Waals surface area contributed by atoms with Crippen molar-refractivity contribution >= 4 is 31.4 Å². The average molecular weight is 1060 g/mol. The third kappa shape index (κ3) is 11.5. The molecule has 1 heterocycles. The molecule has 1 aromatic carbocycles. The second kappa shape index (κ2) is 23.2. The molecular weight excluding hydrogens is 951 g/mol. The number of thiazole rings is 1. The van der Waals surface area contributed by atoms with Crippen molar-refractivity contribution in [2.75, 3.05) is 5.75 Å². The maximum absolute atomic E-state index is 13.4. The van der Waals surface area contributed by atoms with Gasteiger partial charge in [0.15, 0.2) is 0 Å². The Morgan fingerprint density at radius 3 is 1.56 bits per heavy atom. The van der Waals surface area contributed by atoms with Gasteiger partial charge >= 0.3 is 0 Å². The zero-order valence-corrected chi connectivity index (χ0v) is 52.5. The van der Waals surface area contributed by atoms with Crippen LogP contribution in [0.5, 0.6) is 0 Å². The van der Waals surface area contributed by atoms with Gasteiger partial charge in [-0.05, 0) is 243 Å². The highest BCUT2D eigenvalue weighted by Crippen LogP contribution is 2.69. The molecule has 3 nitrogen and oxygen atoms in total. The molecule has 16 atom stereocenters. The fourth-order valence-electron chi connectivity index (χ4n) is 20.0. The van der Waals surface area contributed by atoms with Crippen LogP contribution in [0.1, 0.15) is 214 Å². The Labute approximate surface area is 466 Å². The first-order valence-corrected chi connectivity index (χ1v) is 34.0. The van der Waals surface area contributed by atoms with Gasteiger partial charge in [0.25, 0.3) is 0 Å². The maximum Gasteiger partial charge on any atom is 0.210 e. The quantitative estimate of drug-likeness (QED) is 0.199. The average Bonchev–Trinajstić information content (AvgIpc) is 4.06. The van der Waals surface area contributed by atoms with Crippen molar-refractivity contribution in [1.29, 1.82) is 0 Å². The molecule has 1 aromatic heterocycles. The van der Waals surface area contributed by atoms with E-state index in [-0.39, 0.29) is 17.1 Å². The lowest BCUT2D eigenvalue weighted by molar-refractivity contribution is -0.0501. The SMILES string of the molecule is C=CC(C(C)C)C(C)C.CC(C)C(/C=C/[C@@H](C)[C@H]1CC[C@H]2[C@@H]3CC=C4C[C@@H](C)CC[C@]4(C)[C@H]3CC[C@]12C)C(C)C.C[C@H]1CC[C@@]2(C)C(=CC[C@H]3[C@@H]4CC[C@H]([C@H](C)CS(=O)(=O)c5nc6ccccc6s5)[C@@]4(C)CC[C@@H]32)C1. The van der Waals surface area contributed by atoms with Gasteiger partial charge in [0.1, 0.15) is 0 Å². The first-order valence-electron chi connectivity index (χ1n) is 31.6. The summed E-state index contributed by atoms with van der Waals surface area (Å²) in [6.45, 7) is 42.5. The van der Waals surface area contributed by atoms with Gasteiger partial charge in [0.05, 0.1) is 16.0 Å². The monoisotopic (exact) mass is 1060 g/mol. The molecule has 10 rings (SSSR count). The number of fused-ring (bicyclic) bond motifs is 11. The summed E-state index contributed by atoms with van der Waals surface area (Å²) in [4.78, 5) is 4.49. The van der Waals surface area contributed by atoms with Gasteiger partial charge in [-0.1, -0.05) is 164 Å². The van der Waals surface area contributed by atoms with Crippen LogP contribution in [0, 0.1) is 128 Å². The minimum absolute atomic E-state index is 0.166. The van der Waals surface area contributed by atoms with Crippen LogP contribution in [0.3, 0.4) is 0 Å². The third-order valence-corrected chi connectivity index (χ3v) is 27.6. The van der Waals surface area contributed by atoms with E-state index >= 15 is 0 Å². The lowest BCUT2D eigenvalue weighted by Gasteiger charge is -2.58. The molecule has 0 saturated heterocycles. The van der Waals surface area contributed by atoms with Crippen molar-refractivity contribution in [3.63, 3.8) is 0 Å². The van der Waals surface area contributed by atoms with Gasteiger partial charge in [-0.15, -0.1) is 17.9 Å². The van der Waals surface area contributed by atoms with Crippen molar-refractivity contribution < 1.29 is 8.42 Å². The molecule has 0 spiro atoms. The Hall–Kier alpha value is -1.98. The van der Waals surface area contributed by atoms with E-state index in [4.69, 9.17) is 0 Å². The number of sulfone groups is 1. The van der Waals surface area contributed by atoms with Crippen molar-refractivity contribution in [3.05, 3.63) is 72.4 Å². The van der Waals surface area contributed by atoms with Crippen molar-refractivity contribution in [2.24, 2.45) is 128 Å². The molecule has 75 heavy (non-hydrogen) atoms. The minimum Gasteiger partial charge on any atom is -0.225 e. The second-order valence-corrected chi connectivity index (χ2v) is 33.2. The van der Waals surface area contributed by atoms with Crippen LogP contribution >= 0.6 is 11.3 Å². The molecule has 8 aliphatic rings. The van der Waals surface area contributed by atoms with E-state index in [0.717, 1.165) is 99.0 Å². The van der Waals surface area contributed by atoms with Gasteiger partial charge in [-0.2, -0.15) is 0 Å². The molecule has 6 fully saturated rings. The first kappa shape index (κ1) is 59.1. The first-order chi connectivity index (χ1) is 35.3. The van der Waals surface area contributed by atoms with Crippen LogP contribution < -0.4 is 0 Å². The van der Waals surface area contributed by atoms with E-state index in [1.54, 1.807) is 5.57 Å². The summed E-state index contributed by atoms with van der Waals surface area (Å²) in [7, 11) is -3.38. The number of hydrogen-bond acceptors (Lipinski definition) is 4. The van der Waals surface area contributed by atoms with Crippen LogP contribution in [0.4, 0.5) is 0 Å². The highest BCUT2D eigenvalue weighted by Gasteiger charge is 2.61. The number of rotatable bonds is 12. The van der Waals surface area contributed by atoms with Gasteiger partial charge in [0, 0.05) is 0 Å². The number of hydrogen-bond donors (Lipinski definition) is 0. The van der Waals surface area contributed by atoms with Gasteiger partial charge in [-0.3, -0.25) is 0 Å². The summed E-state index contributed by atoms with van der Waals surface area (Å²) in [6.07, 6.45) is 34.7. The number of para-hydroxylation sites is 1. The third-order valence-electron chi connectivity index (χ3n) is 24.2. The summed E-state index contributed by atoms with van der Waals surface area (Å²) in [5, 5.41) is 0. The molecule has 5 heteroatoms. The molecule has 8 aliphatic carbocycles. The second-order valence-electron chi connectivity index (χ2n) is 30.0. The van der Waals surface area contributed by atoms with Crippen LogP contribution in [0.25, 0.3) is 10.2 Å². The molecule has 0 bridgehead atoms. The molecule has 420 valence electrons. The van der Waals surface area contributed by atoms with E-state index in [1.165, 1.54) is 114 Å². The minimum atomic E-state index is -3.38. The number of aromatic nitrogens is 1. The summed E-state index contributed by atoms with van der Waals surface area (Å²) in [5.74, 6) is 13.9. The predicted molar refractivity (Wildman–Crippen MR) is 324 cm³/mol. The van der Waals surface area contributed by atoms with Gasteiger partial charge in [-0.25, -0.2) is 13.4 Å². The fraction of sp³-hybridized carbons (Fsp3) is 0.786. The van der Waals surface area contributed by atoms with Gasteiger partial charge < -0.3 is 0 Å². The zero-order valence-electron chi connectivity index (χ0n) is 50.9. The topological polar surface area (TPSA) is 47.0 Å². The van der Waals surface area contributed by atoms with E-state index < -0.39 is 9.84 Å². The molecule has 0 radical (unpaired) electrons. The number of allylic oxidation sites excluding steroid dienone is 7. The Balaban J connectivity index is 0.000000173. The van der Waals surface area contributed by atoms with Gasteiger partial charge in [0.2, 0.25) is 14.2 Å². The lowest BCUT2D eigenvalue weighted by atomic mass is 9.46. The fourth-order valence-corrected chi connectivity index (χ4v) is 23.0. The van der Waals surface area contributed by atoms with E-state index in [1.807, 2.05) is 29.8 Å². The molecule has 0 N–H and O–H groups in total. The molecule has 0 unspecified atom stereocenters. The Morgan fingerprint density at radius 1 is 0.613 bits per heavy atom. The van der Waals surface area contributed by atoms with Crippen molar-refractivity contribution in [1.82, 2.24) is 4.98 Å². The lowest BCUT2D eigenvalue weighted by Crippen LogP contribution is -2.50. The highest BCUT2D eigenvalue weighted by molar-refractivity contribution is 7.93. The summed E-state index contributed by atoms with van der Waals surface area (Å²) < 4.78 is 28.1. The molecule has 2 aromatic rings. The molecule has 0 aliphatic heterocycles. The number of nitrogens with zero attached hydrogens (tertiary/aromatic N) is 1.